The predicted octanol–water partition coefficient (Wildman–Crippen LogP) is 3.93. The first-order chi connectivity index (χ1) is 9.97. The topological polar surface area (TPSA) is 78.4 Å². The Balaban J connectivity index is 2.18. The fourth-order valence-electron chi connectivity index (χ4n) is 1.64. The highest BCUT2D eigenvalue weighted by molar-refractivity contribution is 9.10. The molecule has 2 aromatic carbocycles. The number of hydrogen-bond donors (Lipinski definition) is 3. The minimum absolute atomic E-state index is 0.00173. The molecule has 0 saturated heterocycles. The van der Waals surface area contributed by atoms with Gasteiger partial charge in [0.1, 0.15) is 5.82 Å². The van der Waals surface area contributed by atoms with Gasteiger partial charge in [0, 0.05) is 4.47 Å². The molecule has 0 bridgehead atoms. The zero-order valence-corrected chi connectivity index (χ0v) is 12.1. The Kier molecular flexibility index (Phi) is 4.54. The zero-order chi connectivity index (χ0) is 15.4. The highest BCUT2D eigenvalue weighted by Crippen LogP contribution is 2.22. The van der Waals surface area contributed by atoms with Crippen LogP contribution in [0.25, 0.3) is 0 Å². The van der Waals surface area contributed by atoms with E-state index in [1.807, 2.05) is 0 Å². The number of rotatable bonds is 3. The number of urea groups is 1. The van der Waals surface area contributed by atoms with E-state index < -0.39 is 17.8 Å². The van der Waals surface area contributed by atoms with Gasteiger partial charge in [0.25, 0.3) is 0 Å². The molecule has 0 aliphatic heterocycles. The molecule has 3 N–H and O–H groups in total. The number of halogens is 2. The maximum absolute atomic E-state index is 13.4. The molecule has 0 saturated carbocycles. The minimum atomic E-state index is -1.18. The van der Waals surface area contributed by atoms with Crippen molar-refractivity contribution in [3.63, 3.8) is 0 Å². The predicted molar refractivity (Wildman–Crippen MR) is 80.1 cm³/mol. The van der Waals surface area contributed by atoms with Gasteiger partial charge in [0.05, 0.1) is 16.9 Å². The van der Waals surface area contributed by atoms with Crippen LogP contribution < -0.4 is 10.6 Å². The Morgan fingerprint density at radius 1 is 1.05 bits per heavy atom. The number of benzene rings is 2. The molecule has 21 heavy (non-hydrogen) atoms. The van der Waals surface area contributed by atoms with E-state index >= 15 is 0 Å². The van der Waals surface area contributed by atoms with Gasteiger partial charge < -0.3 is 15.7 Å². The second kappa shape index (κ2) is 6.36. The quantitative estimate of drug-likeness (QED) is 0.782. The van der Waals surface area contributed by atoms with E-state index in [4.69, 9.17) is 5.11 Å². The van der Waals surface area contributed by atoms with Crippen molar-refractivity contribution in [2.45, 2.75) is 0 Å². The molecule has 0 aliphatic carbocycles. The van der Waals surface area contributed by atoms with Crippen LogP contribution in [0.3, 0.4) is 0 Å². The Labute approximate surface area is 127 Å². The molecule has 2 amide bonds. The van der Waals surface area contributed by atoms with Gasteiger partial charge in [-0.25, -0.2) is 14.0 Å². The first-order valence-corrected chi connectivity index (χ1v) is 6.62. The zero-order valence-electron chi connectivity index (χ0n) is 10.6. The number of carboxylic acid groups (broad SMARTS) is 1. The summed E-state index contributed by atoms with van der Waals surface area (Å²) in [6, 6.07) is 9.28. The molecule has 0 fully saturated rings. The number of carbonyl (C=O) groups excluding carboxylic acids is 1. The number of para-hydroxylation sites is 1. The largest absolute Gasteiger partial charge is 0.478 e. The summed E-state index contributed by atoms with van der Waals surface area (Å²) in [5, 5.41) is 13.7. The molecule has 2 aromatic rings. The summed E-state index contributed by atoms with van der Waals surface area (Å²) in [5.74, 6) is -1.76. The Hall–Kier alpha value is -2.41. The molecular weight excluding hydrogens is 343 g/mol. The van der Waals surface area contributed by atoms with Crippen LogP contribution in [-0.4, -0.2) is 17.1 Å². The van der Waals surface area contributed by atoms with Crippen LogP contribution in [0.5, 0.6) is 0 Å². The number of aromatic carboxylic acids is 1. The van der Waals surface area contributed by atoms with Crippen molar-refractivity contribution in [3.05, 3.63) is 58.3 Å². The standard InChI is InChI=1S/C14H10BrFN2O3/c15-8-5-6-9(13(19)20)12(7-8)18-14(21)17-11-4-2-1-3-10(11)16/h1-7H,(H,19,20)(H2,17,18,21). The number of amides is 2. The van der Waals surface area contributed by atoms with Crippen LogP contribution in [0.1, 0.15) is 10.4 Å². The first kappa shape index (κ1) is 15.0. The van der Waals surface area contributed by atoms with Gasteiger partial charge in [0.2, 0.25) is 0 Å². The molecule has 0 radical (unpaired) electrons. The second-order valence-corrected chi connectivity index (χ2v) is 4.97. The third-order valence-corrected chi connectivity index (χ3v) is 3.08. The summed E-state index contributed by atoms with van der Waals surface area (Å²) in [5.41, 5.74) is 0.0365. The normalized spacial score (nSPS) is 10.0. The van der Waals surface area contributed by atoms with Crippen LogP contribution in [0, 0.1) is 5.82 Å². The number of hydrogen-bond acceptors (Lipinski definition) is 2. The number of carboxylic acids is 1. The summed E-state index contributed by atoms with van der Waals surface area (Å²) in [6.45, 7) is 0. The molecule has 2 rings (SSSR count). The SMILES string of the molecule is O=C(Nc1ccccc1F)Nc1cc(Br)ccc1C(=O)O. The van der Waals surface area contributed by atoms with Gasteiger partial charge in [-0.1, -0.05) is 28.1 Å². The lowest BCUT2D eigenvalue weighted by molar-refractivity contribution is 0.0698. The van der Waals surface area contributed by atoms with E-state index in [0.717, 1.165) is 0 Å². The maximum atomic E-state index is 13.4. The maximum Gasteiger partial charge on any atom is 0.337 e. The summed E-state index contributed by atoms with van der Waals surface area (Å²) in [7, 11) is 0. The molecule has 7 heteroatoms. The minimum Gasteiger partial charge on any atom is -0.478 e. The average molecular weight is 353 g/mol. The summed E-state index contributed by atoms with van der Waals surface area (Å²) in [6.07, 6.45) is 0. The van der Waals surface area contributed by atoms with Crippen LogP contribution in [0.15, 0.2) is 46.9 Å². The molecule has 0 spiro atoms. The lowest BCUT2D eigenvalue weighted by atomic mass is 10.2. The molecule has 5 nitrogen and oxygen atoms in total. The van der Waals surface area contributed by atoms with Crippen LogP contribution in [-0.2, 0) is 0 Å². The van der Waals surface area contributed by atoms with Crippen LogP contribution in [0.4, 0.5) is 20.6 Å². The molecule has 0 aliphatic rings. The average Bonchev–Trinajstić information content (AvgIpc) is 2.41. The van der Waals surface area contributed by atoms with Gasteiger partial charge in [-0.2, -0.15) is 0 Å². The second-order valence-electron chi connectivity index (χ2n) is 4.05. The van der Waals surface area contributed by atoms with Crippen molar-refractivity contribution < 1.29 is 19.1 Å². The smallest absolute Gasteiger partial charge is 0.337 e. The van der Waals surface area contributed by atoms with Crippen molar-refractivity contribution in [2.75, 3.05) is 10.6 Å². The lowest BCUT2D eigenvalue weighted by Gasteiger charge is -2.10. The molecule has 0 unspecified atom stereocenters. The summed E-state index contributed by atoms with van der Waals surface area (Å²) >= 11 is 3.19. The number of carbonyl (C=O) groups is 2. The van der Waals surface area contributed by atoms with Gasteiger partial charge >= 0.3 is 12.0 Å². The van der Waals surface area contributed by atoms with Crippen molar-refractivity contribution in [1.29, 1.82) is 0 Å². The summed E-state index contributed by atoms with van der Waals surface area (Å²) in [4.78, 5) is 22.9. The molecule has 0 aromatic heterocycles. The van der Waals surface area contributed by atoms with E-state index in [-0.39, 0.29) is 16.9 Å². The van der Waals surface area contributed by atoms with E-state index in [9.17, 15) is 14.0 Å². The van der Waals surface area contributed by atoms with Gasteiger partial charge in [-0.05, 0) is 30.3 Å². The van der Waals surface area contributed by atoms with Gasteiger partial charge in [-0.3, -0.25) is 0 Å². The van der Waals surface area contributed by atoms with E-state index in [1.54, 1.807) is 12.1 Å². The molecule has 108 valence electrons. The molecule has 0 heterocycles. The summed E-state index contributed by atoms with van der Waals surface area (Å²) < 4.78 is 14.0. The highest BCUT2D eigenvalue weighted by atomic mass is 79.9. The lowest BCUT2D eigenvalue weighted by Crippen LogP contribution is -2.21. The van der Waals surface area contributed by atoms with E-state index in [1.165, 1.54) is 30.3 Å². The Morgan fingerprint density at radius 3 is 2.38 bits per heavy atom. The van der Waals surface area contributed by atoms with Crippen LogP contribution in [0.2, 0.25) is 0 Å². The van der Waals surface area contributed by atoms with Crippen molar-refractivity contribution in [1.82, 2.24) is 0 Å². The third-order valence-electron chi connectivity index (χ3n) is 2.58. The van der Waals surface area contributed by atoms with Crippen molar-refractivity contribution >= 4 is 39.3 Å². The Bertz CT molecular complexity index is 706. The van der Waals surface area contributed by atoms with Crippen molar-refractivity contribution in [2.24, 2.45) is 0 Å². The fourth-order valence-corrected chi connectivity index (χ4v) is 2.01. The van der Waals surface area contributed by atoms with E-state index in [0.29, 0.717) is 4.47 Å². The monoisotopic (exact) mass is 352 g/mol. The Morgan fingerprint density at radius 2 is 1.71 bits per heavy atom. The molecular formula is C14H10BrFN2O3. The van der Waals surface area contributed by atoms with E-state index in [2.05, 4.69) is 26.6 Å². The van der Waals surface area contributed by atoms with Gasteiger partial charge in [-0.15, -0.1) is 0 Å². The fraction of sp³-hybridized carbons (Fsp3) is 0. The van der Waals surface area contributed by atoms with Crippen molar-refractivity contribution in [3.8, 4) is 0 Å². The number of anilines is 2. The third kappa shape index (κ3) is 3.79. The van der Waals surface area contributed by atoms with Gasteiger partial charge in [0.15, 0.2) is 0 Å². The van der Waals surface area contributed by atoms with Crippen LogP contribution >= 0.6 is 15.9 Å². The first-order valence-electron chi connectivity index (χ1n) is 5.83. The number of nitrogens with one attached hydrogen (secondary N) is 2. The highest BCUT2D eigenvalue weighted by Gasteiger charge is 2.13. The molecule has 0 atom stereocenters.